The van der Waals surface area contributed by atoms with Crippen molar-refractivity contribution in [1.82, 2.24) is 20.3 Å². The van der Waals surface area contributed by atoms with Crippen molar-refractivity contribution in [2.45, 2.75) is 18.9 Å². The van der Waals surface area contributed by atoms with E-state index in [0.717, 1.165) is 6.07 Å². The van der Waals surface area contributed by atoms with Crippen molar-refractivity contribution < 1.29 is 18.0 Å². The molecule has 0 aliphatic carbocycles. The Morgan fingerprint density at radius 2 is 1.65 bits per heavy atom. The molecule has 0 bridgehead atoms. The maximum Gasteiger partial charge on any atom is 0.225 e. The average Bonchev–Trinajstić information content (AvgIpc) is 3.25. The Labute approximate surface area is 215 Å². The molecule has 2 heterocycles. The number of hydrogen-bond donors (Lipinski definition) is 2. The Morgan fingerprint density at radius 1 is 0.919 bits per heavy atom. The molecule has 5 nitrogen and oxygen atoms in total. The number of carbonyl (C=O) groups is 1. The minimum absolute atomic E-state index is 0.0476. The zero-order valence-corrected chi connectivity index (χ0v) is 20.1. The summed E-state index contributed by atoms with van der Waals surface area (Å²) in [4.78, 5) is 25.2. The fourth-order valence-electron chi connectivity index (χ4n) is 4.33. The lowest BCUT2D eigenvalue weighted by Gasteiger charge is -2.21. The van der Waals surface area contributed by atoms with Gasteiger partial charge >= 0.3 is 0 Å². The molecule has 0 aliphatic rings. The van der Waals surface area contributed by atoms with Crippen molar-refractivity contribution in [2.24, 2.45) is 0 Å². The second-order valence-corrected chi connectivity index (χ2v) is 9.02. The number of H-pyrrole nitrogens is 1. The van der Waals surface area contributed by atoms with Crippen molar-refractivity contribution in [3.63, 3.8) is 0 Å². The summed E-state index contributed by atoms with van der Waals surface area (Å²) in [6, 6.07) is 13.7. The smallest absolute Gasteiger partial charge is 0.225 e. The molecular weight excluding hydrogens is 501 g/mol. The second-order valence-electron chi connectivity index (χ2n) is 8.58. The van der Waals surface area contributed by atoms with Crippen LogP contribution in [0.4, 0.5) is 13.2 Å². The number of nitrogens with one attached hydrogen (secondary N) is 2. The van der Waals surface area contributed by atoms with Gasteiger partial charge in [-0.05, 0) is 60.0 Å². The third kappa shape index (κ3) is 5.65. The first-order valence-electron chi connectivity index (χ1n) is 11.4. The summed E-state index contributed by atoms with van der Waals surface area (Å²) in [5, 5.41) is 4.08. The summed E-state index contributed by atoms with van der Waals surface area (Å²) in [6.07, 6.45) is 4.68. The van der Waals surface area contributed by atoms with Crippen LogP contribution >= 0.6 is 11.6 Å². The van der Waals surface area contributed by atoms with Gasteiger partial charge in [0.2, 0.25) is 5.91 Å². The lowest BCUT2D eigenvalue weighted by Crippen LogP contribution is -2.32. The van der Waals surface area contributed by atoms with Crippen molar-refractivity contribution in [1.29, 1.82) is 0 Å². The second kappa shape index (κ2) is 10.4. The fourth-order valence-corrected chi connectivity index (χ4v) is 4.46. The van der Waals surface area contributed by atoms with Gasteiger partial charge in [-0.2, -0.15) is 0 Å². The molecule has 9 heteroatoms. The molecule has 1 atom stereocenters. The molecule has 0 fully saturated rings. The zero-order chi connectivity index (χ0) is 25.9. The Kier molecular flexibility index (Phi) is 6.92. The van der Waals surface area contributed by atoms with E-state index in [4.69, 9.17) is 11.6 Å². The van der Waals surface area contributed by atoms with Crippen LogP contribution in [0.2, 0.25) is 5.02 Å². The van der Waals surface area contributed by atoms with Crippen LogP contribution in [-0.2, 0) is 17.6 Å². The molecule has 0 spiro atoms. The number of aromatic nitrogens is 3. The minimum atomic E-state index is -0.768. The third-order valence-corrected chi connectivity index (χ3v) is 6.20. The Balaban J connectivity index is 1.49. The average molecular weight is 521 g/mol. The van der Waals surface area contributed by atoms with Crippen molar-refractivity contribution >= 4 is 28.4 Å². The van der Waals surface area contributed by atoms with E-state index in [-0.39, 0.29) is 18.7 Å². The molecule has 5 rings (SSSR count). The van der Waals surface area contributed by atoms with E-state index in [0.29, 0.717) is 44.0 Å². The molecule has 2 aromatic heterocycles. The first-order chi connectivity index (χ1) is 17.9. The van der Waals surface area contributed by atoms with Crippen LogP contribution < -0.4 is 5.32 Å². The van der Waals surface area contributed by atoms with Gasteiger partial charge in [0.1, 0.15) is 17.5 Å². The number of fused-ring (bicyclic) bond motifs is 1. The number of aromatic amines is 1. The lowest BCUT2D eigenvalue weighted by atomic mass is 9.98. The molecular formula is C28H20ClF3N4O. The van der Waals surface area contributed by atoms with Gasteiger partial charge in [-0.3, -0.25) is 14.8 Å². The number of carbonyl (C=O) groups excluding carboxylic acids is 1. The molecule has 3 aromatic carbocycles. The van der Waals surface area contributed by atoms with Gasteiger partial charge in [0.25, 0.3) is 0 Å². The van der Waals surface area contributed by atoms with Gasteiger partial charge in [-0.1, -0.05) is 23.7 Å². The quantitative estimate of drug-likeness (QED) is 0.263. The molecule has 0 saturated heterocycles. The molecule has 37 heavy (non-hydrogen) atoms. The van der Waals surface area contributed by atoms with Crippen molar-refractivity contribution in [2.75, 3.05) is 0 Å². The maximum atomic E-state index is 14.0. The van der Waals surface area contributed by atoms with Gasteiger partial charge in [-0.15, -0.1) is 0 Å². The van der Waals surface area contributed by atoms with Crippen LogP contribution in [0.15, 0.2) is 79.3 Å². The van der Waals surface area contributed by atoms with Crippen LogP contribution in [-0.4, -0.2) is 20.9 Å². The van der Waals surface area contributed by atoms with Gasteiger partial charge in [0.05, 0.1) is 23.9 Å². The summed E-state index contributed by atoms with van der Waals surface area (Å²) in [7, 11) is 0. The van der Waals surface area contributed by atoms with Gasteiger partial charge in [0.15, 0.2) is 0 Å². The SMILES string of the molecule is O=C(Cc1c[nH]c2ccc(F)cc12)N[C@@H](Cc1cc(F)cc(F)c1)c1nccnc1-c1ccc(Cl)cc1. The highest BCUT2D eigenvalue weighted by molar-refractivity contribution is 6.30. The Hall–Kier alpha value is -4.17. The zero-order valence-electron chi connectivity index (χ0n) is 19.3. The van der Waals surface area contributed by atoms with Crippen LogP contribution in [0, 0.1) is 17.5 Å². The minimum Gasteiger partial charge on any atom is -0.361 e. The van der Waals surface area contributed by atoms with Gasteiger partial charge in [0, 0.05) is 46.1 Å². The molecule has 0 radical (unpaired) electrons. The van der Waals surface area contributed by atoms with Gasteiger partial charge < -0.3 is 10.3 Å². The van der Waals surface area contributed by atoms with E-state index in [9.17, 15) is 18.0 Å². The number of benzene rings is 3. The summed E-state index contributed by atoms with van der Waals surface area (Å²) >= 11 is 6.04. The van der Waals surface area contributed by atoms with Gasteiger partial charge in [-0.25, -0.2) is 13.2 Å². The monoisotopic (exact) mass is 520 g/mol. The van der Waals surface area contributed by atoms with Crippen LogP contribution in [0.3, 0.4) is 0 Å². The maximum absolute atomic E-state index is 14.0. The highest BCUT2D eigenvalue weighted by Gasteiger charge is 2.23. The molecule has 186 valence electrons. The summed E-state index contributed by atoms with van der Waals surface area (Å²) in [5.74, 6) is -2.23. The fraction of sp³-hybridized carbons (Fsp3) is 0.107. The predicted molar refractivity (Wildman–Crippen MR) is 135 cm³/mol. The summed E-state index contributed by atoms with van der Waals surface area (Å²) < 4.78 is 41.7. The standard InChI is InChI=1S/C28H20ClF3N4O/c29-19-3-1-17(2-4-19)27-28(34-8-7-33-27)25(11-16-9-21(31)13-22(32)10-16)36-26(37)12-18-15-35-24-6-5-20(30)14-23(18)24/h1-10,13-15,25,35H,11-12H2,(H,36,37)/t25-/m0/s1. The summed E-state index contributed by atoms with van der Waals surface area (Å²) in [6.45, 7) is 0. The van der Waals surface area contributed by atoms with Crippen LogP contribution in [0.25, 0.3) is 22.2 Å². The van der Waals surface area contributed by atoms with Crippen molar-refractivity contribution in [3.8, 4) is 11.3 Å². The lowest BCUT2D eigenvalue weighted by molar-refractivity contribution is -0.121. The molecule has 0 aliphatic heterocycles. The van der Waals surface area contributed by atoms with E-state index in [2.05, 4.69) is 20.3 Å². The molecule has 0 unspecified atom stereocenters. The molecule has 0 saturated carbocycles. The number of amides is 1. The Bertz CT molecular complexity index is 1570. The van der Waals surface area contributed by atoms with Crippen LogP contribution in [0.1, 0.15) is 22.9 Å². The topological polar surface area (TPSA) is 70.7 Å². The van der Waals surface area contributed by atoms with E-state index in [1.54, 1.807) is 36.5 Å². The number of hydrogen-bond acceptors (Lipinski definition) is 3. The first kappa shape index (κ1) is 24.5. The van der Waals surface area contributed by atoms with E-state index >= 15 is 0 Å². The van der Waals surface area contributed by atoms with E-state index in [1.165, 1.54) is 36.7 Å². The Morgan fingerprint density at radius 3 is 2.41 bits per heavy atom. The summed E-state index contributed by atoms with van der Waals surface area (Å²) in [5.41, 5.74) is 3.28. The predicted octanol–water partition coefficient (Wildman–Crippen LogP) is 6.34. The molecule has 1 amide bonds. The normalized spacial score (nSPS) is 12.0. The van der Waals surface area contributed by atoms with E-state index in [1.807, 2.05) is 0 Å². The van der Waals surface area contributed by atoms with Crippen LogP contribution in [0.5, 0.6) is 0 Å². The number of nitrogens with zero attached hydrogens (tertiary/aromatic N) is 2. The first-order valence-corrected chi connectivity index (χ1v) is 11.8. The highest BCUT2D eigenvalue weighted by atomic mass is 35.5. The third-order valence-electron chi connectivity index (χ3n) is 5.95. The van der Waals surface area contributed by atoms with E-state index < -0.39 is 23.5 Å². The van der Waals surface area contributed by atoms with Crippen molar-refractivity contribution in [3.05, 3.63) is 119 Å². The highest BCUT2D eigenvalue weighted by Crippen LogP contribution is 2.29. The molecule has 5 aromatic rings. The number of rotatable bonds is 7. The number of halogens is 4. The molecule has 2 N–H and O–H groups in total. The largest absolute Gasteiger partial charge is 0.361 e.